The van der Waals surface area contributed by atoms with Gasteiger partial charge < -0.3 is 18.9 Å². The molecule has 4 heterocycles. The predicted octanol–water partition coefficient (Wildman–Crippen LogP) is 2.74. The number of esters is 1. The van der Waals surface area contributed by atoms with Crippen LogP contribution in [-0.2, 0) is 37.4 Å². The molecule has 0 bridgehead atoms. The third kappa shape index (κ3) is 5.12. The quantitative estimate of drug-likeness (QED) is 0.500. The molecule has 0 N–H and O–H groups in total. The van der Waals surface area contributed by atoms with E-state index < -0.39 is 5.97 Å². The van der Waals surface area contributed by atoms with Crippen LogP contribution in [0, 0.1) is 6.92 Å². The Balaban J connectivity index is 1.55. The van der Waals surface area contributed by atoms with Crippen LogP contribution in [0.1, 0.15) is 36.2 Å². The van der Waals surface area contributed by atoms with E-state index >= 15 is 0 Å². The Morgan fingerprint density at radius 2 is 2.19 bits per heavy atom. The van der Waals surface area contributed by atoms with Crippen LogP contribution in [0.5, 0.6) is 0 Å². The summed E-state index contributed by atoms with van der Waals surface area (Å²) in [6, 6.07) is 3.92. The first-order valence-electron chi connectivity index (χ1n) is 10.7. The average molecular weight is 441 g/mol. The molecule has 1 fully saturated rings. The highest BCUT2D eigenvalue weighted by Crippen LogP contribution is 2.27. The Morgan fingerprint density at radius 1 is 1.31 bits per heavy atom. The van der Waals surface area contributed by atoms with Gasteiger partial charge in [0.15, 0.2) is 6.29 Å². The van der Waals surface area contributed by atoms with Gasteiger partial charge in [-0.15, -0.1) is 5.10 Å². The van der Waals surface area contributed by atoms with Crippen molar-refractivity contribution in [1.29, 1.82) is 0 Å². The molecule has 2 aliphatic heterocycles. The molecule has 0 radical (unpaired) electrons. The number of hydrogen-bond donors (Lipinski definition) is 0. The minimum Gasteiger partial charge on any atom is -0.466 e. The number of aromatic nitrogens is 4. The van der Waals surface area contributed by atoms with Gasteiger partial charge in [-0.1, -0.05) is 17.4 Å². The smallest absolute Gasteiger partial charge is 0.330 e. The first-order valence-corrected chi connectivity index (χ1v) is 10.7. The van der Waals surface area contributed by atoms with Crippen LogP contribution in [0.3, 0.4) is 0 Å². The van der Waals surface area contributed by atoms with Gasteiger partial charge in [0, 0.05) is 31.0 Å². The highest BCUT2D eigenvalue weighted by Gasteiger charge is 2.20. The van der Waals surface area contributed by atoms with Gasteiger partial charge in [0.25, 0.3) is 0 Å². The van der Waals surface area contributed by atoms with Crippen molar-refractivity contribution in [2.75, 3.05) is 26.9 Å². The largest absolute Gasteiger partial charge is 0.466 e. The van der Waals surface area contributed by atoms with Crippen LogP contribution < -0.4 is 0 Å². The molecule has 0 amide bonds. The number of ether oxygens (including phenoxy) is 4. The molecule has 2 aromatic rings. The topological polar surface area (TPSA) is 97.6 Å². The van der Waals surface area contributed by atoms with Gasteiger partial charge in [-0.05, 0) is 43.4 Å². The summed E-state index contributed by atoms with van der Waals surface area (Å²) in [4.78, 5) is 16.3. The summed E-state index contributed by atoms with van der Waals surface area (Å²) in [5.74, 6) is -0.401. The Labute approximate surface area is 187 Å². The van der Waals surface area contributed by atoms with Crippen molar-refractivity contribution < 1.29 is 23.7 Å². The summed E-state index contributed by atoms with van der Waals surface area (Å²) < 4.78 is 23.7. The monoisotopic (exact) mass is 440 g/mol. The second-order valence-corrected chi connectivity index (χ2v) is 7.85. The fourth-order valence-corrected chi connectivity index (χ4v) is 3.82. The Kier molecular flexibility index (Phi) is 7.09. The van der Waals surface area contributed by atoms with Gasteiger partial charge in [-0.3, -0.25) is 4.98 Å². The van der Waals surface area contributed by atoms with E-state index in [1.54, 1.807) is 4.68 Å². The molecule has 9 nitrogen and oxygen atoms in total. The van der Waals surface area contributed by atoms with Crippen LogP contribution >= 0.6 is 0 Å². The number of methoxy groups -OCH3 is 1. The van der Waals surface area contributed by atoms with Crippen LogP contribution in [0.2, 0.25) is 0 Å². The highest BCUT2D eigenvalue weighted by atomic mass is 16.7. The van der Waals surface area contributed by atoms with Crippen molar-refractivity contribution in [3.63, 3.8) is 0 Å². The fourth-order valence-electron chi connectivity index (χ4n) is 3.82. The van der Waals surface area contributed by atoms with Gasteiger partial charge in [-0.25, -0.2) is 9.48 Å². The Hall–Kier alpha value is -2.88. The summed E-state index contributed by atoms with van der Waals surface area (Å²) in [7, 11) is 3.20. The molecule has 2 aliphatic rings. The molecule has 0 aliphatic carbocycles. The fraction of sp³-hybridized carbons (Fsp3) is 0.478. The third-order valence-corrected chi connectivity index (χ3v) is 5.55. The number of rotatable bonds is 6. The van der Waals surface area contributed by atoms with Gasteiger partial charge in [-0.2, -0.15) is 0 Å². The number of nitrogens with zero attached hydrogens (tertiary/aromatic N) is 4. The highest BCUT2D eigenvalue weighted by molar-refractivity contribution is 5.84. The number of carbonyl (C=O) groups is 1. The molecule has 0 saturated carbocycles. The van der Waals surface area contributed by atoms with Crippen LogP contribution in [0.4, 0.5) is 0 Å². The van der Waals surface area contributed by atoms with Crippen molar-refractivity contribution in [3.8, 4) is 11.4 Å². The lowest BCUT2D eigenvalue weighted by molar-refractivity contribution is -0.169. The summed E-state index contributed by atoms with van der Waals surface area (Å²) in [6.07, 6.45) is 6.30. The standard InChI is InChI=1S/C23H28N4O5/c1-15-18(17-10-16(12-30-13-17)11-21(28)29-3)7-8-19(24-15)23-20(27(2)26-25-23)14-32-22-6-4-5-9-31-22/h7-8,10-11,22H,4-6,9,12-14H2,1-3H3/b16-11+. The van der Waals surface area contributed by atoms with Crippen molar-refractivity contribution >= 4 is 11.5 Å². The third-order valence-electron chi connectivity index (χ3n) is 5.55. The van der Waals surface area contributed by atoms with Crippen LogP contribution in [0.15, 0.2) is 29.9 Å². The minimum absolute atomic E-state index is 0.186. The van der Waals surface area contributed by atoms with E-state index in [2.05, 4.69) is 10.3 Å². The number of carbonyl (C=O) groups excluding carboxylic acids is 1. The van der Waals surface area contributed by atoms with Gasteiger partial charge in [0.2, 0.25) is 0 Å². The number of hydrogen-bond acceptors (Lipinski definition) is 8. The van der Waals surface area contributed by atoms with E-state index in [-0.39, 0.29) is 6.29 Å². The van der Waals surface area contributed by atoms with E-state index in [0.29, 0.717) is 25.5 Å². The van der Waals surface area contributed by atoms with E-state index in [1.165, 1.54) is 13.2 Å². The normalized spacial score (nSPS) is 20.3. The maximum absolute atomic E-state index is 11.6. The summed E-state index contributed by atoms with van der Waals surface area (Å²) in [5, 5.41) is 8.48. The average Bonchev–Trinajstić information content (AvgIpc) is 3.18. The van der Waals surface area contributed by atoms with Crippen molar-refractivity contribution in [3.05, 3.63) is 46.8 Å². The van der Waals surface area contributed by atoms with Gasteiger partial charge >= 0.3 is 5.97 Å². The molecule has 32 heavy (non-hydrogen) atoms. The van der Waals surface area contributed by atoms with E-state index in [0.717, 1.165) is 59.7 Å². The molecule has 9 heteroatoms. The summed E-state index contributed by atoms with van der Waals surface area (Å²) >= 11 is 0. The zero-order chi connectivity index (χ0) is 22.5. The molecule has 1 unspecified atom stereocenters. The second kappa shape index (κ2) is 10.2. The lowest BCUT2D eigenvalue weighted by atomic mass is 10.00. The molecule has 4 rings (SSSR count). The zero-order valence-corrected chi connectivity index (χ0v) is 18.7. The maximum atomic E-state index is 11.6. The molecular formula is C23H28N4O5. The first-order chi connectivity index (χ1) is 15.5. The van der Waals surface area contributed by atoms with Crippen molar-refractivity contribution in [2.45, 2.75) is 39.1 Å². The van der Waals surface area contributed by atoms with Crippen LogP contribution in [0.25, 0.3) is 17.0 Å². The van der Waals surface area contributed by atoms with E-state index in [4.69, 9.17) is 23.9 Å². The van der Waals surface area contributed by atoms with Gasteiger partial charge in [0.05, 0.1) is 38.3 Å². The lowest BCUT2D eigenvalue weighted by Gasteiger charge is -2.22. The number of aryl methyl sites for hydroxylation is 2. The molecule has 2 aromatic heterocycles. The molecule has 0 spiro atoms. The molecule has 170 valence electrons. The summed E-state index contributed by atoms with van der Waals surface area (Å²) in [6.45, 7) is 3.86. The lowest BCUT2D eigenvalue weighted by Crippen LogP contribution is -2.22. The van der Waals surface area contributed by atoms with Crippen molar-refractivity contribution in [2.24, 2.45) is 7.05 Å². The van der Waals surface area contributed by atoms with Crippen LogP contribution in [-0.4, -0.2) is 59.2 Å². The second-order valence-electron chi connectivity index (χ2n) is 7.85. The molecule has 1 saturated heterocycles. The Bertz CT molecular complexity index is 1040. The summed E-state index contributed by atoms with van der Waals surface area (Å²) in [5.41, 5.74) is 5.79. The molecule has 1 atom stereocenters. The first kappa shape index (κ1) is 22.3. The predicted molar refractivity (Wildman–Crippen MR) is 116 cm³/mol. The Morgan fingerprint density at radius 3 is 2.94 bits per heavy atom. The van der Waals surface area contributed by atoms with Crippen molar-refractivity contribution in [1.82, 2.24) is 20.0 Å². The van der Waals surface area contributed by atoms with E-state index in [9.17, 15) is 4.79 Å². The molecule has 0 aromatic carbocycles. The SMILES string of the molecule is COC(=O)/C=C1\C=C(c2ccc(-c3nnn(C)c3COC3CCCCO3)nc2C)COC1. The van der Waals surface area contributed by atoms with E-state index in [1.807, 2.05) is 32.2 Å². The van der Waals surface area contributed by atoms with Gasteiger partial charge in [0.1, 0.15) is 5.69 Å². The number of pyridine rings is 1. The minimum atomic E-state index is -0.401. The maximum Gasteiger partial charge on any atom is 0.330 e. The molecular weight excluding hydrogens is 412 g/mol. The zero-order valence-electron chi connectivity index (χ0n) is 18.7.